The quantitative estimate of drug-likeness (QED) is 0.502. The van der Waals surface area contributed by atoms with E-state index < -0.39 is 0 Å². The molecule has 0 saturated carbocycles. The first-order valence-electron chi connectivity index (χ1n) is 5.08. The molecule has 0 unspecified atom stereocenters. The highest BCUT2D eigenvalue weighted by molar-refractivity contribution is 7.99. The molecule has 0 fully saturated rings. The van der Waals surface area contributed by atoms with Crippen molar-refractivity contribution in [3.05, 3.63) is 40.8 Å². The van der Waals surface area contributed by atoms with Gasteiger partial charge >= 0.3 is 5.63 Å². The Morgan fingerprint density at radius 2 is 2.12 bits per heavy atom. The van der Waals surface area contributed by atoms with Gasteiger partial charge in [0.2, 0.25) is 0 Å². The smallest absolute Gasteiger partial charge is 0.337 e. The van der Waals surface area contributed by atoms with Crippen molar-refractivity contribution in [2.24, 2.45) is 0 Å². The van der Waals surface area contributed by atoms with Gasteiger partial charge in [0.1, 0.15) is 5.58 Å². The van der Waals surface area contributed by atoms with Crippen LogP contribution < -0.4 is 5.63 Å². The van der Waals surface area contributed by atoms with Crippen LogP contribution in [0, 0.1) is 0 Å². The molecule has 0 bridgehead atoms. The highest BCUT2D eigenvalue weighted by atomic mass is 32.2. The van der Waals surface area contributed by atoms with Gasteiger partial charge < -0.3 is 9.52 Å². The van der Waals surface area contributed by atoms with Crippen LogP contribution >= 0.6 is 11.8 Å². The number of hydrogen-bond acceptors (Lipinski definition) is 4. The molecule has 0 atom stereocenters. The molecule has 1 heterocycles. The molecule has 2 rings (SSSR count). The lowest BCUT2D eigenvalue weighted by molar-refractivity contribution is 0.296. The summed E-state index contributed by atoms with van der Waals surface area (Å²) >= 11 is 1.57. The van der Waals surface area contributed by atoms with Crippen molar-refractivity contribution < 1.29 is 9.52 Å². The number of para-hydroxylation sites is 1. The van der Waals surface area contributed by atoms with Gasteiger partial charge in [-0.25, -0.2) is 4.79 Å². The zero-order valence-electron chi connectivity index (χ0n) is 8.68. The van der Waals surface area contributed by atoms with Crippen molar-refractivity contribution in [3.8, 4) is 0 Å². The van der Waals surface area contributed by atoms with Crippen LogP contribution in [0.3, 0.4) is 0 Å². The normalized spacial score (nSPS) is 10.8. The van der Waals surface area contributed by atoms with E-state index >= 15 is 0 Å². The van der Waals surface area contributed by atoms with Crippen LogP contribution in [-0.4, -0.2) is 17.5 Å². The first kappa shape index (κ1) is 11.2. The van der Waals surface area contributed by atoms with E-state index in [1.54, 1.807) is 17.8 Å². The fourth-order valence-corrected chi connectivity index (χ4v) is 2.44. The predicted molar refractivity (Wildman–Crippen MR) is 64.9 cm³/mol. The monoisotopic (exact) mass is 236 g/mol. The van der Waals surface area contributed by atoms with Crippen molar-refractivity contribution in [2.75, 3.05) is 12.4 Å². The summed E-state index contributed by atoms with van der Waals surface area (Å²) in [6, 6.07) is 8.97. The summed E-state index contributed by atoms with van der Waals surface area (Å²) in [5.74, 6) is 0.796. The minimum absolute atomic E-state index is 0.173. The Balaban J connectivity index is 2.38. The highest BCUT2D eigenvalue weighted by Gasteiger charge is 2.04. The van der Waals surface area contributed by atoms with E-state index in [2.05, 4.69) is 0 Å². The number of thioether (sulfide) groups is 1. The Kier molecular flexibility index (Phi) is 3.64. The zero-order chi connectivity index (χ0) is 11.4. The first-order valence-corrected chi connectivity index (χ1v) is 6.06. The molecule has 0 amide bonds. The molecule has 84 valence electrons. The second-order valence-corrected chi connectivity index (χ2v) is 4.49. The van der Waals surface area contributed by atoms with Gasteiger partial charge in [-0.2, -0.15) is 0 Å². The molecule has 0 radical (unpaired) electrons. The van der Waals surface area contributed by atoms with Crippen LogP contribution in [0.25, 0.3) is 11.0 Å². The van der Waals surface area contributed by atoms with Crippen molar-refractivity contribution in [3.63, 3.8) is 0 Å². The lowest BCUT2D eigenvalue weighted by Gasteiger charge is -2.03. The largest absolute Gasteiger partial charge is 0.423 e. The Morgan fingerprint density at radius 1 is 1.31 bits per heavy atom. The molecule has 2 aromatic rings. The van der Waals surface area contributed by atoms with E-state index in [1.165, 1.54) is 6.07 Å². The second-order valence-electron chi connectivity index (χ2n) is 3.35. The van der Waals surface area contributed by atoms with Gasteiger partial charge in [0.15, 0.2) is 0 Å². The topological polar surface area (TPSA) is 50.4 Å². The van der Waals surface area contributed by atoms with E-state index in [4.69, 9.17) is 9.52 Å². The Bertz CT molecular complexity index is 533. The summed E-state index contributed by atoms with van der Waals surface area (Å²) in [5, 5.41) is 9.67. The number of hydrogen-bond donors (Lipinski definition) is 1. The maximum Gasteiger partial charge on any atom is 0.337 e. The summed E-state index contributed by atoms with van der Waals surface area (Å²) in [5.41, 5.74) is 0.284. The fourth-order valence-electron chi connectivity index (χ4n) is 1.45. The molecule has 16 heavy (non-hydrogen) atoms. The van der Waals surface area contributed by atoms with Crippen molar-refractivity contribution in [2.45, 2.75) is 11.3 Å². The maximum absolute atomic E-state index is 11.3. The molecular weight excluding hydrogens is 224 g/mol. The number of fused-ring (bicyclic) bond motifs is 1. The van der Waals surface area contributed by atoms with Gasteiger partial charge in [-0.05, 0) is 12.5 Å². The Hall–Kier alpha value is -1.26. The number of rotatable bonds is 4. The van der Waals surface area contributed by atoms with Gasteiger partial charge in [0, 0.05) is 28.7 Å². The number of aliphatic hydroxyl groups excluding tert-OH is 1. The van der Waals surface area contributed by atoms with E-state index in [0.717, 1.165) is 22.5 Å². The Labute approximate surface area is 97.1 Å². The summed E-state index contributed by atoms with van der Waals surface area (Å²) in [7, 11) is 0. The third kappa shape index (κ3) is 2.46. The average molecular weight is 236 g/mol. The number of benzene rings is 1. The molecule has 4 heteroatoms. The molecule has 0 aliphatic carbocycles. The van der Waals surface area contributed by atoms with Crippen LogP contribution in [0.4, 0.5) is 0 Å². The molecule has 1 aromatic heterocycles. The molecule has 0 aliphatic rings. The van der Waals surface area contributed by atoms with Crippen LogP contribution in [0.1, 0.15) is 6.42 Å². The minimum atomic E-state index is -0.329. The third-order valence-corrected chi connectivity index (χ3v) is 3.31. The second kappa shape index (κ2) is 5.18. The SMILES string of the molecule is O=c1cc(SCCCO)c2ccccc2o1. The van der Waals surface area contributed by atoms with Gasteiger partial charge in [0.25, 0.3) is 0 Å². The molecule has 0 aliphatic heterocycles. The Morgan fingerprint density at radius 3 is 2.94 bits per heavy atom. The summed E-state index contributed by atoms with van der Waals surface area (Å²) < 4.78 is 5.09. The van der Waals surface area contributed by atoms with E-state index in [0.29, 0.717) is 5.58 Å². The fraction of sp³-hybridized carbons (Fsp3) is 0.250. The summed E-state index contributed by atoms with van der Waals surface area (Å²) in [4.78, 5) is 12.2. The zero-order valence-corrected chi connectivity index (χ0v) is 9.50. The highest BCUT2D eigenvalue weighted by Crippen LogP contribution is 2.26. The van der Waals surface area contributed by atoms with E-state index in [-0.39, 0.29) is 12.2 Å². The molecule has 1 aromatic carbocycles. The standard InChI is InChI=1S/C12H12O3S/c13-6-3-7-16-11-8-12(14)15-10-5-2-1-4-9(10)11/h1-2,4-5,8,13H,3,6-7H2. The number of aliphatic hydroxyl groups is 1. The minimum Gasteiger partial charge on any atom is -0.423 e. The summed E-state index contributed by atoms with van der Waals surface area (Å²) in [6.07, 6.45) is 0.721. The van der Waals surface area contributed by atoms with Gasteiger partial charge in [0.05, 0.1) is 0 Å². The molecule has 0 spiro atoms. The van der Waals surface area contributed by atoms with E-state index in [9.17, 15) is 4.79 Å². The van der Waals surface area contributed by atoms with E-state index in [1.807, 2.05) is 18.2 Å². The maximum atomic E-state index is 11.3. The molecular formula is C12H12O3S. The molecule has 3 nitrogen and oxygen atoms in total. The van der Waals surface area contributed by atoms with Gasteiger partial charge in [-0.3, -0.25) is 0 Å². The van der Waals surface area contributed by atoms with Crippen molar-refractivity contribution in [1.29, 1.82) is 0 Å². The lowest BCUT2D eigenvalue weighted by atomic mass is 10.2. The molecule has 1 N–H and O–H groups in total. The average Bonchev–Trinajstić information content (AvgIpc) is 2.29. The third-order valence-electron chi connectivity index (χ3n) is 2.17. The van der Waals surface area contributed by atoms with Crippen LogP contribution in [0.5, 0.6) is 0 Å². The van der Waals surface area contributed by atoms with Crippen LogP contribution in [0.15, 0.2) is 44.4 Å². The summed E-state index contributed by atoms with van der Waals surface area (Å²) in [6.45, 7) is 0.173. The van der Waals surface area contributed by atoms with Crippen molar-refractivity contribution in [1.82, 2.24) is 0 Å². The van der Waals surface area contributed by atoms with Gasteiger partial charge in [-0.15, -0.1) is 11.8 Å². The molecule has 0 saturated heterocycles. The van der Waals surface area contributed by atoms with Crippen LogP contribution in [0.2, 0.25) is 0 Å². The first-order chi connectivity index (χ1) is 7.81. The van der Waals surface area contributed by atoms with Crippen LogP contribution in [-0.2, 0) is 0 Å². The predicted octanol–water partition coefficient (Wildman–Crippen LogP) is 2.27. The lowest BCUT2D eigenvalue weighted by Crippen LogP contribution is -1.97. The van der Waals surface area contributed by atoms with Gasteiger partial charge in [-0.1, -0.05) is 18.2 Å². The van der Waals surface area contributed by atoms with Crippen molar-refractivity contribution >= 4 is 22.7 Å².